The molecule has 1 fully saturated rings. The lowest BCUT2D eigenvalue weighted by Crippen LogP contribution is -2.40. The standard InChI is InChI=1S/C18H38N4O/c1-5-12-22(7-3)14-11-20-18(19-6-2)21(4)13-8-17-9-15-23-16-10-17/h17H,5-16H2,1-4H3,(H,19,20). The highest BCUT2D eigenvalue weighted by Crippen LogP contribution is 2.18. The van der Waals surface area contributed by atoms with E-state index in [9.17, 15) is 0 Å². The van der Waals surface area contributed by atoms with Crippen LogP contribution in [0.1, 0.15) is 46.5 Å². The Morgan fingerprint density at radius 1 is 1.13 bits per heavy atom. The van der Waals surface area contributed by atoms with Crippen LogP contribution in [0.2, 0.25) is 0 Å². The van der Waals surface area contributed by atoms with Gasteiger partial charge in [0.1, 0.15) is 0 Å². The average molecular weight is 327 g/mol. The Kier molecular flexibility index (Phi) is 11.1. The highest BCUT2D eigenvalue weighted by atomic mass is 16.5. The molecule has 1 rings (SSSR count). The van der Waals surface area contributed by atoms with Crippen LogP contribution in [0.25, 0.3) is 0 Å². The summed E-state index contributed by atoms with van der Waals surface area (Å²) in [4.78, 5) is 9.57. The second-order valence-corrected chi connectivity index (χ2v) is 6.44. The van der Waals surface area contributed by atoms with E-state index >= 15 is 0 Å². The third-order valence-corrected chi connectivity index (χ3v) is 4.57. The number of guanidine groups is 1. The van der Waals surface area contributed by atoms with E-state index in [1.807, 2.05) is 0 Å². The first-order chi connectivity index (χ1) is 11.2. The SMILES string of the molecule is CCCN(CC)CCN=C(NCC)N(C)CCC1CCOCC1. The van der Waals surface area contributed by atoms with Crippen molar-refractivity contribution in [2.45, 2.75) is 46.5 Å². The first-order valence-corrected chi connectivity index (χ1v) is 9.50. The smallest absolute Gasteiger partial charge is 0.193 e. The van der Waals surface area contributed by atoms with E-state index in [1.54, 1.807) is 0 Å². The molecule has 5 nitrogen and oxygen atoms in total. The van der Waals surface area contributed by atoms with Gasteiger partial charge < -0.3 is 19.9 Å². The average Bonchev–Trinajstić information content (AvgIpc) is 2.59. The predicted molar refractivity (Wildman–Crippen MR) is 99.2 cm³/mol. The zero-order valence-electron chi connectivity index (χ0n) is 15.8. The van der Waals surface area contributed by atoms with Crippen LogP contribution in [0, 0.1) is 5.92 Å². The Bertz CT molecular complexity index is 316. The Labute approximate surface area is 143 Å². The van der Waals surface area contributed by atoms with Crippen LogP contribution < -0.4 is 5.32 Å². The molecule has 1 heterocycles. The van der Waals surface area contributed by atoms with E-state index in [2.05, 4.69) is 42.9 Å². The monoisotopic (exact) mass is 326 g/mol. The van der Waals surface area contributed by atoms with Crippen LogP contribution in [0.4, 0.5) is 0 Å². The molecule has 136 valence electrons. The van der Waals surface area contributed by atoms with Gasteiger partial charge in [-0.2, -0.15) is 0 Å². The normalized spacial score (nSPS) is 16.8. The molecule has 0 atom stereocenters. The minimum Gasteiger partial charge on any atom is -0.381 e. The van der Waals surface area contributed by atoms with E-state index < -0.39 is 0 Å². The molecule has 1 saturated heterocycles. The summed E-state index contributed by atoms with van der Waals surface area (Å²) in [5.74, 6) is 1.86. The van der Waals surface area contributed by atoms with Crippen molar-refractivity contribution in [1.82, 2.24) is 15.1 Å². The van der Waals surface area contributed by atoms with Gasteiger partial charge in [0.15, 0.2) is 5.96 Å². The maximum absolute atomic E-state index is 5.44. The summed E-state index contributed by atoms with van der Waals surface area (Å²) < 4.78 is 5.44. The topological polar surface area (TPSA) is 40.1 Å². The fraction of sp³-hybridized carbons (Fsp3) is 0.944. The van der Waals surface area contributed by atoms with Crippen molar-refractivity contribution < 1.29 is 4.74 Å². The third kappa shape index (κ3) is 8.56. The van der Waals surface area contributed by atoms with Gasteiger partial charge in [-0.25, -0.2) is 0 Å². The van der Waals surface area contributed by atoms with Gasteiger partial charge in [0, 0.05) is 39.9 Å². The second-order valence-electron chi connectivity index (χ2n) is 6.44. The molecule has 0 aromatic heterocycles. The molecule has 0 radical (unpaired) electrons. The van der Waals surface area contributed by atoms with Crippen LogP contribution >= 0.6 is 0 Å². The second kappa shape index (κ2) is 12.6. The molecule has 0 spiro atoms. The van der Waals surface area contributed by atoms with Gasteiger partial charge in [0.25, 0.3) is 0 Å². The van der Waals surface area contributed by atoms with Crippen molar-refractivity contribution in [2.24, 2.45) is 10.9 Å². The molecule has 23 heavy (non-hydrogen) atoms. The first kappa shape index (κ1) is 20.2. The molecule has 1 aliphatic heterocycles. The molecule has 0 saturated carbocycles. The number of rotatable bonds is 10. The molecule has 0 aromatic rings. The van der Waals surface area contributed by atoms with Crippen molar-refractivity contribution >= 4 is 5.96 Å². The maximum Gasteiger partial charge on any atom is 0.193 e. The molecule has 0 amide bonds. The minimum atomic E-state index is 0.814. The number of ether oxygens (including phenoxy) is 1. The fourth-order valence-corrected chi connectivity index (χ4v) is 3.03. The number of hydrogen-bond acceptors (Lipinski definition) is 3. The summed E-state index contributed by atoms with van der Waals surface area (Å²) in [7, 11) is 2.16. The maximum atomic E-state index is 5.44. The van der Waals surface area contributed by atoms with Crippen LogP contribution in [0.3, 0.4) is 0 Å². The van der Waals surface area contributed by atoms with Crippen LogP contribution in [0.5, 0.6) is 0 Å². The molecule has 0 aromatic carbocycles. The zero-order valence-corrected chi connectivity index (χ0v) is 15.8. The summed E-state index contributed by atoms with van der Waals surface area (Å²) in [6.45, 7) is 14.7. The van der Waals surface area contributed by atoms with Gasteiger partial charge in [-0.15, -0.1) is 0 Å². The van der Waals surface area contributed by atoms with Crippen LogP contribution in [-0.2, 0) is 4.74 Å². The lowest BCUT2D eigenvalue weighted by atomic mass is 9.96. The molecule has 1 aliphatic rings. The highest BCUT2D eigenvalue weighted by Gasteiger charge is 2.15. The summed E-state index contributed by atoms with van der Waals surface area (Å²) in [6, 6.07) is 0. The first-order valence-electron chi connectivity index (χ1n) is 9.50. The van der Waals surface area contributed by atoms with Gasteiger partial charge >= 0.3 is 0 Å². The van der Waals surface area contributed by atoms with Crippen molar-refractivity contribution in [2.75, 3.05) is 59.5 Å². The van der Waals surface area contributed by atoms with Crippen LogP contribution in [-0.4, -0.2) is 75.3 Å². The quantitative estimate of drug-likeness (QED) is 0.494. The minimum absolute atomic E-state index is 0.814. The zero-order chi connectivity index (χ0) is 16.9. The van der Waals surface area contributed by atoms with E-state index in [0.29, 0.717) is 0 Å². The largest absolute Gasteiger partial charge is 0.381 e. The molecule has 0 unspecified atom stereocenters. The van der Waals surface area contributed by atoms with E-state index in [0.717, 1.165) is 57.8 Å². The molecule has 0 bridgehead atoms. The van der Waals surface area contributed by atoms with Crippen molar-refractivity contribution in [3.63, 3.8) is 0 Å². The predicted octanol–water partition coefficient (Wildman–Crippen LogP) is 2.43. The fourth-order valence-electron chi connectivity index (χ4n) is 3.03. The Morgan fingerprint density at radius 2 is 1.87 bits per heavy atom. The van der Waals surface area contributed by atoms with E-state index in [-0.39, 0.29) is 0 Å². The Balaban J connectivity index is 2.39. The van der Waals surface area contributed by atoms with E-state index in [1.165, 1.54) is 32.2 Å². The van der Waals surface area contributed by atoms with Gasteiger partial charge in [0.05, 0.1) is 6.54 Å². The molecular formula is C18H38N4O. The summed E-state index contributed by atoms with van der Waals surface area (Å²) in [6.07, 6.45) is 4.87. The summed E-state index contributed by atoms with van der Waals surface area (Å²) in [5, 5.41) is 3.43. The Morgan fingerprint density at radius 3 is 2.48 bits per heavy atom. The number of likely N-dealkylation sites (N-methyl/N-ethyl adjacent to an activating group) is 1. The van der Waals surface area contributed by atoms with Gasteiger partial charge in [-0.05, 0) is 51.6 Å². The van der Waals surface area contributed by atoms with E-state index in [4.69, 9.17) is 9.73 Å². The number of hydrogen-bond donors (Lipinski definition) is 1. The lowest BCUT2D eigenvalue weighted by Gasteiger charge is -2.27. The molecular weight excluding hydrogens is 288 g/mol. The third-order valence-electron chi connectivity index (χ3n) is 4.57. The molecule has 0 aliphatic carbocycles. The number of nitrogens with one attached hydrogen (secondary N) is 1. The summed E-state index contributed by atoms with van der Waals surface area (Å²) >= 11 is 0. The highest BCUT2D eigenvalue weighted by molar-refractivity contribution is 5.79. The molecule has 1 N–H and O–H groups in total. The van der Waals surface area contributed by atoms with Crippen molar-refractivity contribution in [1.29, 1.82) is 0 Å². The Hall–Kier alpha value is -0.810. The summed E-state index contributed by atoms with van der Waals surface area (Å²) in [5.41, 5.74) is 0. The number of aliphatic imine (C=N–C) groups is 1. The number of nitrogens with zero attached hydrogens (tertiary/aromatic N) is 3. The lowest BCUT2D eigenvalue weighted by molar-refractivity contribution is 0.0625. The van der Waals surface area contributed by atoms with Crippen molar-refractivity contribution in [3.8, 4) is 0 Å². The van der Waals surface area contributed by atoms with Gasteiger partial charge in [0.2, 0.25) is 0 Å². The van der Waals surface area contributed by atoms with Gasteiger partial charge in [-0.1, -0.05) is 13.8 Å². The molecule has 5 heteroatoms. The van der Waals surface area contributed by atoms with Crippen LogP contribution in [0.15, 0.2) is 4.99 Å². The van der Waals surface area contributed by atoms with Crippen molar-refractivity contribution in [3.05, 3.63) is 0 Å². The van der Waals surface area contributed by atoms with Gasteiger partial charge in [-0.3, -0.25) is 4.99 Å².